The standard InChI is InChI=1S/C38H60O5S2/c1-33(2,3)25-20-24(21-26(34(4,5)6)32(25)43-30(40)19-17-18-29(39)42-16)44-37(13,14)45-38(15)22-27(35(7,8)9)31(41)28(23-38)36(10,11)12/h20-22,41H,17-19,23H2,1-16H3. The summed E-state index contributed by atoms with van der Waals surface area (Å²) < 4.78 is 10.4. The average Bonchev–Trinajstić information content (AvgIpc) is 2.82. The van der Waals surface area contributed by atoms with Crippen molar-refractivity contribution in [3.63, 3.8) is 0 Å². The fourth-order valence-electron chi connectivity index (χ4n) is 5.68. The predicted octanol–water partition coefficient (Wildman–Crippen LogP) is 11.1. The normalized spacial score (nSPS) is 18.5. The Hall–Kier alpha value is -1.86. The lowest BCUT2D eigenvalue weighted by atomic mass is 9.71. The average molecular weight is 661 g/mol. The van der Waals surface area contributed by atoms with Gasteiger partial charge in [0.2, 0.25) is 0 Å². The highest BCUT2D eigenvalue weighted by Gasteiger charge is 2.42. The van der Waals surface area contributed by atoms with E-state index in [1.807, 2.05) is 23.5 Å². The molecule has 0 radical (unpaired) electrons. The van der Waals surface area contributed by atoms with Gasteiger partial charge >= 0.3 is 11.9 Å². The summed E-state index contributed by atoms with van der Waals surface area (Å²) in [6.45, 7) is 32.8. The van der Waals surface area contributed by atoms with E-state index in [9.17, 15) is 14.7 Å². The van der Waals surface area contributed by atoms with Crippen molar-refractivity contribution in [2.75, 3.05) is 7.11 Å². The molecule has 0 heterocycles. The Morgan fingerprint density at radius 1 is 0.800 bits per heavy atom. The quantitative estimate of drug-likeness (QED) is 0.122. The molecule has 254 valence electrons. The Kier molecular flexibility index (Phi) is 12.0. The fourth-order valence-corrected chi connectivity index (χ4v) is 9.14. The van der Waals surface area contributed by atoms with E-state index in [1.54, 1.807) is 0 Å². The maximum atomic E-state index is 13.0. The summed E-state index contributed by atoms with van der Waals surface area (Å²) in [6.07, 6.45) is 3.79. The SMILES string of the molecule is COC(=O)CCCC(=O)Oc1c(C(C)(C)C)cc(SC(C)(C)SC2(C)C=C(C(C)(C)C)C(O)=C(C(C)(C)C)C2)cc1C(C)(C)C. The lowest BCUT2D eigenvalue weighted by molar-refractivity contribution is -0.141. The molecule has 0 aromatic heterocycles. The molecule has 0 saturated heterocycles. The molecule has 0 aliphatic heterocycles. The predicted molar refractivity (Wildman–Crippen MR) is 193 cm³/mol. The van der Waals surface area contributed by atoms with Crippen molar-refractivity contribution in [2.24, 2.45) is 10.8 Å². The molecule has 2 rings (SSSR count). The summed E-state index contributed by atoms with van der Waals surface area (Å²) in [6, 6.07) is 4.37. The van der Waals surface area contributed by atoms with Crippen LogP contribution in [0.25, 0.3) is 0 Å². The number of carbonyl (C=O) groups is 2. The molecule has 5 nitrogen and oxygen atoms in total. The number of carbonyl (C=O) groups excluding carboxylic acids is 2. The number of aliphatic hydroxyl groups excluding tert-OH is 1. The second kappa shape index (κ2) is 13.7. The van der Waals surface area contributed by atoms with Crippen molar-refractivity contribution in [3.8, 4) is 5.75 Å². The summed E-state index contributed by atoms with van der Waals surface area (Å²) in [5, 5.41) is 11.4. The second-order valence-corrected chi connectivity index (χ2v) is 21.3. The van der Waals surface area contributed by atoms with Crippen LogP contribution in [0.4, 0.5) is 0 Å². The largest absolute Gasteiger partial charge is 0.508 e. The number of ether oxygens (including phenoxy) is 2. The van der Waals surface area contributed by atoms with Gasteiger partial charge in [0, 0.05) is 33.6 Å². The summed E-state index contributed by atoms with van der Waals surface area (Å²) in [7, 11) is 1.35. The van der Waals surface area contributed by atoms with Crippen molar-refractivity contribution in [3.05, 3.63) is 46.2 Å². The van der Waals surface area contributed by atoms with E-state index in [0.29, 0.717) is 17.9 Å². The molecule has 1 atom stereocenters. The Bertz CT molecular complexity index is 1290. The lowest BCUT2D eigenvalue weighted by Crippen LogP contribution is -2.34. The van der Waals surface area contributed by atoms with Crippen LogP contribution in [-0.2, 0) is 25.2 Å². The Balaban J connectivity index is 2.54. The first-order valence-electron chi connectivity index (χ1n) is 16.1. The second-order valence-electron chi connectivity index (χ2n) is 17.2. The minimum atomic E-state index is -0.344. The van der Waals surface area contributed by atoms with E-state index < -0.39 is 0 Å². The number of methoxy groups -OCH3 is 1. The number of benzene rings is 1. The Morgan fingerprint density at radius 3 is 1.71 bits per heavy atom. The van der Waals surface area contributed by atoms with E-state index in [2.05, 4.69) is 122 Å². The molecule has 0 saturated carbocycles. The third kappa shape index (κ3) is 10.8. The van der Waals surface area contributed by atoms with Gasteiger partial charge in [-0.2, -0.15) is 0 Å². The molecule has 0 bridgehead atoms. The van der Waals surface area contributed by atoms with Crippen LogP contribution in [0, 0.1) is 10.8 Å². The highest BCUT2D eigenvalue weighted by molar-refractivity contribution is 8.18. The third-order valence-electron chi connectivity index (χ3n) is 7.96. The van der Waals surface area contributed by atoms with Crippen LogP contribution in [0.1, 0.15) is 141 Å². The number of aliphatic hydroxyl groups is 1. The van der Waals surface area contributed by atoms with Crippen LogP contribution in [-0.4, -0.2) is 33.0 Å². The van der Waals surface area contributed by atoms with Gasteiger partial charge in [-0.05, 0) is 78.6 Å². The van der Waals surface area contributed by atoms with Gasteiger partial charge in [0.1, 0.15) is 11.5 Å². The molecule has 1 unspecified atom stereocenters. The summed E-state index contributed by atoms with van der Waals surface area (Å²) >= 11 is 3.76. The van der Waals surface area contributed by atoms with Crippen molar-refractivity contribution in [2.45, 2.75) is 154 Å². The highest BCUT2D eigenvalue weighted by atomic mass is 32.2. The van der Waals surface area contributed by atoms with E-state index >= 15 is 0 Å². The van der Waals surface area contributed by atoms with Crippen LogP contribution < -0.4 is 4.74 Å². The summed E-state index contributed by atoms with van der Waals surface area (Å²) in [5.41, 5.74) is 3.20. The van der Waals surface area contributed by atoms with Gasteiger partial charge in [0.25, 0.3) is 0 Å². The molecule has 0 spiro atoms. The van der Waals surface area contributed by atoms with Gasteiger partial charge in [-0.3, -0.25) is 9.59 Å². The summed E-state index contributed by atoms with van der Waals surface area (Å²) in [5.74, 6) is 0.410. The van der Waals surface area contributed by atoms with E-state index in [0.717, 1.165) is 33.6 Å². The maximum absolute atomic E-state index is 13.0. The van der Waals surface area contributed by atoms with Gasteiger partial charge in [0.15, 0.2) is 0 Å². The van der Waals surface area contributed by atoms with E-state index in [4.69, 9.17) is 9.47 Å². The lowest BCUT2D eigenvalue weighted by Gasteiger charge is -2.43. The number of thioether (sulfide) groups is 2. The van der Waals surface area contributed by atoms with Crippen LogP contribution in [0.5, 0.6) is 5.75 Å². The topological polar surface area (TPSA) is 72.8 Å². The smallest absolute Gasteiger partial charge is 0.311 e. The monoisotopic (exact) mass is 660 g/mol. The Morgan fingerprint density at radius 2 is 1.29 bits per heavy atom. The van der Waals surface area contributed by atoms with Crippen molar-refractivity contribution in [1.29, 1.82) is 0 Å². The van der Waals surface area contributed by atoms with Crippen molar-refractivity contribution >= 4 is 35.5 Å². The fraction of sp³-hybridized carbons (Fsp3) is 0.684. The molecule has 0 fully saturated rings. The van der Waals surface area contributed by atoms with Crippen LogP contribution in [0.15, 0.2) is 40.0 Å². The number of hydrogen-bond donors (Lipinski definition) is 1. The van der Waals surface area contributed by atoms with Crippen LogP contribution in [0.2, 0.25) is 0 Å². The molecule has 1 aliphatic rings. The number of rotatable bonds is 9. The number of esters is 2. The van der Waals surface area contributed by atoms with Gasteiger partial charge < -0.3 is 14.6 Å². The van der Waals surface area contributed by atoms with Gasteiger partial charge in [-0.25, -0.2) is 0 Å². The molecule has 1 aromatic carbocycles. The third-order valence-corrected chi connectivity index (χ3v) is 10.6. The zero-order valence-corrected chi connectivity index (χ0v) is 32.6. The molecule has 1 N–H and O–H groups in total. The zero-order valence-electron chi connectivity index (χ0n) is 31.0. The minimum absolute atomic E-state index is 0.144. The van der Waals surface area contributed by atoms with Crippen molar-refractivity contribution < 1.29 is 24.2 Å². The zero-order chi connectivity index (χ0) is 35.0. The van der Waals surface area contributed by atoms with Gasteiger partial charge in [0.05, 0.1) is 11.2 Å². The highest BCUT2D eigenvalue weighted by Crippen LogP contribution is 2.56. The van der Waals surface area contributed by atoms with E-state index in [1.165, 1.54) is 7.11 Å². The first-order valence-corrected chi connectivity index (χ1v) is 17.7. The van der Waals surface area contributed by atoms with Crippen molar-refractivity contribution in [1.82, 2.24) is 0 Å². The first-order chi connectivity index (χ1) is 20.1. The Labute approximate surface area is 282 Å². The number of allylic oxidation sites excluding steroid dienone is 2. The summed E-state index contributed by atoms with van der Waals surface area (Å²) in [4.78, 5) is 25.7. The molecule has 1 aliphatic carbocycles. The minimum Gasteiger partial charge on any atom is -0.508 e. The van der Waals surface area contributed by atoms with Gasteiger partial charge in [-0.15, -0.1) is 23.5 Å². The first kappa shape index (κ1) is 39.3. The molecule has 45 heavy (non-hydrogen) atoms. The maximum Gasteiger partial charge on any atom is 0.311 e. The van der Waals surface area contributed by atoms with E-state index in [-0.39, 0.29) is 55.3 Å². The molecule has 7 heteroatoms. The van der Waals surface area contributed by atoms with Gasteiger partial charge in [-0.1, -0.05) is 89.2 Å². The molecule has 1 aromatic rings. The molecular weight excluding hydrogens is 601 g/mol. The number of hydrogen-bond acceptors (Lipinski definition) is 7. The van der Waals surface area contributed by atoms with Crippen LogP contribution >= 0.6 is 23.5 Å². The molecule has 0 amide bonds. The van der Waals surface area contributed by atoms with Crippen LogP contribution in [0.3, 0.4) is 0 Å². The molecular formula is C38H60O5S2.